The van der Waals surface area contributed by atoms with E-state index >= 15 is 0 Å². The van der Waals surface area contributed by atoms with E-state index in [-0.39, 0.29) is 0 Å². The molecule has 0 saturated heterocycles. The second-order valence-electron chi connectivity index (χ2n) is 8.19. The zero-order chi connectivity index (χ0) is 22.4. The number of pyridine rings is 1. The van der Waals surface area contributed by atoms with Crippen molar-refractivity contribution in [3.8, 4) is 0 Å². The molecule has 0 unspecified atom stereocenters. The summed E-state index contributed by atoms with van der Waals surface area (Å²) in [6.45, 7) is 10.9. The lowest BCUT2D eigenvalue weighted by molar-refractivity contribution is 0.209. The summed E-state index contributed by atoms with van der Waals surface area (Å²) >= 11 is 0. The van der Waals surface area contributed by atoms with Crippen molar-refractivity contribution in [1.29, 1.82) is 0 Å². The average molecular weight is 411 g/mol. The Balaban J connectivity index is 2.40. The van der Waals surface area contributed by atoms with Gasteiger partial charge in [-0.25, -0.2) is 9.78 Å². The molecule has 0 saturated carbocycles. The molecule has 0 atom stereocenters. The molecule has 0 fully saturated rings. The summed E-state index contributed by atoms with van der Waals surface area (Å²) in [5, 5.41) is 11.3. The molecule has 1 aromatic heterocycles. The number of allylic oxidation sites excluding steroid dienone is 8. The first kappa shape index (κ1) is 25.4. The maximum atomic E-state index is 10.9. The molecular formula is C26H38N2O2. The number of carbonyl (C=O) groups is 1. The van der Waals surface area contributed by atoms with E-state index in [0.29, 0.717) is 12.2 Å². The zero-order valence-corrected chi connectivity index (χ0v) is 19.3. The van der Waals surface area contributed by atoms with E-state index < -0.39 is 6.09 Å². The summed E-state index contributed by atoms with van der Waals surface area (Å²) in [6.07, 6.45) is 16.9. The highest BCUT2D eigenvalue weighted by molar-refractivity contribution is 5.82. The maximum Gasteiger partial charge on any atom is 0.410 e. The number of anilines is 1. The van der Waals surface area contributed by atoms with E-state index in [2.05, 4.69) is 69.2 Å². The van der Waals surface area contributed by atoms with Crippen molar-refractivity contribution in [3.63, 3.8) is 0 Å². The molecule has 30 heavy (non-hydrogen) atoms. The summed E-state index contributed by atoms with van der Waals surface area (Å²) in [7, 11) is 0. The van der Waals surface area contributed by atoms with Crippen molar-refractivity contribution in [1.82, 2.24) is 4.98 Å². The molecule has 0 radical (unpaired) electrons. The van der Waals surface area contributed by atoms with Crippen LogP contribution in [0.4, 0.5) is 10.6 Å². The van der Waals surface area contributed by atoms with Crippen molar-refractivity contribution >= 4 is 11.9 Å². The Labute approximate surface area is 182 Å². The summed E-state index contributed by atoms with van der Waals surface area (Å²) in [5.74, 6) is 0.411. The molecule has 4 heteroatoms. The van der Waals surface area contributed by atoms with E-state index in [4.69, 9.17) is 5.11 Å². The topological polar surface area (TPSA) is 62.2 Å². The van der Waals surface area contributed by atoms with E-state index in [1.54, 1.807) is 6.20 Å². The maximum absolute atomic E-state index is 10.9. The molecule has 2 N–H and O–H groups in total. The number of carboxylic acid groups (broad SMARTS) is 1. The van der Waals surface area contributed by atoms with Crippen LogP contribution in [0.3, 0.4) is 0 Å². The first-order valence-electron chi connectivity index (χ1n) is 10.8. The van der Waals surface area contributed by atoms with E-state index in [0.717, 1.165) is 44.1 Å². The highest BCUT2D eigenvalue weighted by Gasteiger charge is 2.05. The highest BCUT2D eigenvalue weighted by atomic mass is 16.4. The van der Waals surface area contributed by atoms with Crippen LogP contribution >= 0.6 is 0 Å². The van der Waals surface area contributed by atoms with Gasteiger partial charge < -0.3 is 5.11 Å². The standard InChI is InChI=1S/C26H38N2O2/c1-20(2)10-6-11-21(3)12-7-13-22(4)14-8-15-23(5)17-18-24-16-9-19-27-25(24)28-26(29)30/h9-10,12,14,16-17,19H,6-8,11,13,15,18H2,1-5H3,(H,27,28)(H,29,30). The van der Waals surface area contributed by atoms with E-state index in [1.165, 1.54) is 22.3 Å². The third-order valence-corrected chi connectivity index (χ3v) is 4.94. The zero-order valence-electron chi connectivity index (χ0n) is 19.3. The Bertz CT molecular complexity index is 797. The van der Waals surface area contributed by atoms with Crippen molar-refractivity contribution in [3.05, 3.63) is 70.5 Å². The van der Waals surface area contributed by atoms with Gasteiger partial charge in [0.15, 0.2) is 0 Å². The van der Waals surface area contributed by atoms with Gasteiger partial charge in [-0.15, -0.1) is 0 Å². The normalized spacial score (nSPS) is 12.6. The molecule has 1 aromatic rings. The molecule has 1 heterocycles. The monoisotopic (exact) mass is 410 g/mol. The predicted octanol–water partition coefficient (Wildman–Crippen LogP) is 7.86. The lowest BCUT2D eigenvalue weighted by Crippen LogP contribution is -2.10. The van der Waals surface area contributed by atoms with Crippen LogP contribution in [-0.4, -0.2) is 16.2 Å². The van der Waals surface area contributed by atoms with E-state index in [9.17, 15) is 4.79 Å². The van der Waals surface area contributed by atoms with E-state index in [1.807, 2.05) is 12.1 Å². The number of hydrogen-bond donors (Lipinski definition) is 2. The van der Waals surface area contributed by atoms with Gasteiger partial charge in [0.1, 0.15) is 5.82 Å². The van der Waals surface area contributed by atoms with Crippen LogP contribution in [0, 0.1) is 0 Å². The summed E-state index contributed by atoms with van der Waals surface area (Å²) in [4.78, 5) is 15.0. The summed E-state index contributed by atoms with van der Waals surface area (Å²) in [6, 6.07) is 3.73. The van der Waals surface area contributed by atoms with Crippen LogP contribution in [0.25, 0.3) is 0 Å². The van der Waals surface area contributed by atoms with Gasteiger partial charge in [0.05, 0.1) is 0 Å². The Kier molecular flexibility index (Phi) is 12.2. The molecule has 0 aromatic carbocycles. The molecule has 0 bridgehead atoms. The Morgan fingerprint density at radius 1 is 0.900 bits per heavy atom. The summed E-state index contributed by atoms with van der Waals surface area (Å²) < 4.78 is 0. The second kappa shape index (κ2) is 14.4. The van der Waals surface area contributed by atoms with Gasteiger partial charge in [0, 0.05) is 6.20 Å². The predicted molar refractivity (Wildman–Crippen MR) is 128 cm³/mol. The van der Waals surface area contributed by atoms with Gasteiger partial charge in [-0.3, -0.25) is 5.32 Å². The van der Waals surface area contributed by atoms with Crippen molar-refractivity contribution in [2.75, 3.05) is 5.32 Å². The SMILES string of the molecule is CC(C)=CCCC(C)=CCCC(C)=CCCC(C)=CCc1cccnc1NC(=O)O. The molecule has 164 valence electrons. The fourth-order valence-corrected chi connectivity index (χ4v) is 3.09. The Morgan fingerprint density at radius 2 is 1.43 bits per heavy atom. The van der Waals surface area contributed by atoms with Crippen molar-refractivity contribution in [2.24, 2.45) is 0 Å². The van der Waals surface area contributed by atoms with Gasteiger partial charge in [-0.2, -0.15) is 0 Å². The van der Waals surface area contributed by atoms with Gasteiger partial charge in [0.2, 0.25) is 0 Å². The molecule has 0 aliphatic carbocycles. The number of aromatic nitrogens is 1. The van der Waals surface area contributed by atoms with Crippen LogP contribution in [0.1, 0.15) is 78.7 Å². The van der Waals surface area contributed by atoms with Gasteiger partial charge in [0.25, 0.3) is 0 Å². The minimum atomic E-state index is -1.09. The largest absolute Gasteiger partial charge is 0.465 e. The number of nitrogens with one attached hydrogen (secondary N) is 1. The van der Waals surface area contributed by atoms with Crippen LogP contribution in [0.2, 0.25) is 0 Å². The third kappa shape index (κ3) is 12.1. The molecule has 4 nitrogen and oxygen atoms in total. The molecule has 1 rings (SSSR count). The van der Waals surface area contributed by atoms with Gasteiger partial charge in [-0.05, 0) is 91.2 Å². The number of rotatable bonds is 12. The smallest absolute Gasteiger partial charge is 0.410 e. The summed E-state index contributed by atoms with van der Waals surface area (Å²) in [5.41, 5.74) is 6.50. The fraction of sp³-hybridized carbons (Fsp3) is 0.462. The molecular weight excluding hydrogens is 372 g/mol. The van der Waals surface area contributed by atoms with Crippen molar-refractivity contribution in [2.45, 2.75) is 79.6 Å². The van der Waals surface area contributed by atoms with Crippen molar-refractivity contribution < 1.29 is 9.90 Å². The van der Waals surface area contributed by atoms with Crippen LogP contribution in [0.15, 0.2) is 64.9 Å². The van der Waals surface area contributed by atoms with Crippen LogP contribution < -0.4 is 5.32 Å². The Morgan fingerprint density at radius 3 is 1.97 bits per heavy atom. The third-order valence-electron chi connectivity index (χ3n) is 4.94. The minimum Gasteiger partial charge on any atom is -0.465 e. The second-order valence-corrected chi connectivity index (χ2v) is 8.19. The molecule has 0 aliphatic heterocycles. The Hall–Kier alpha value is -2.62. The molecule has 0 aliphatic rings. The fourth-order valence-electron chi connectivity index (χ4n) is 3.09. The molecule has 1 amide bonds. The number of hydrogen-bond acceptors (Lipinski definition) is 2. The number of amides is 1. The van der Waals surface area contributed by atoms with Crippen LogP contribution in [0.5, 0.6) is 0 Å². The molecule has 0 spiro atoms. The first-order chi connectivity index (χ1) is 14.3. The first-order valence-corrected chi connectivity index (χ1v) is 10.8. The van der Waals surface area contributed by atoms with Gasteiger partial charge in [-0.1, -0.05) is 52.7 Å². The average Bonchev–Trinajstić information content (AvgIpc) is 2.66. The minimum absolute atomic E-state index is 0.411. The van der Waals surface area contributed by atoms with Gasteiger partial charge >= 0.3 is 6.09 Å². The van der Waals surface area contributed by atoms with Crippen LogP contribution in [-0.2, 0) is 6.42 Å². The lowest BCUT2D eigenvalue weighted by Gasteiger charge is -2.06. The quantitative estimate of drug-likeness (QED) is 0.345. The highest BCUT2D eigenvalue weighted by Crippen LogP contribution is 2.16. The number of nitrogens with zero attached hydrogens (tertiary/aromatic N) is 1. The lowest BCUT2D eigenvalue weighted by atomic mass is 10.0.